The number of fused-ring (bicyclic) bond motifs is 1. The standard InChI is InChI=1S/C16H10ClFO3/c17-13-8-9(1-3-14(13)18)11-5-6-21-15-4-2-10(16(19)20)7-12(11)15/h1-5,7-8H,6H2,(H,19,20). The first kappa shape index (κ1) is 13.6. The minimum absolute atomic E-state index is 0.0239. The molecule has 1 aliphatic rings. The summed E-state index contributed by atoms with van der Waals surface area (Å²) in [5.74, 6) is -0.912. The van der Waals surface area contributed by atoms with Crippen LogP contribution in [0.25, 0.3) is 5.57 Å². The van der Waals surface area contributed by atoms with Crippen molar-refractivity contribution in [2.75, 3.05) is 6.61 Å². The van der Waals surface area contributed by atoms with E-state index >= 15 is 0 Å². The van der Waals surface area contributed by atoms with Crippen molar-refractivity contribution in [2.45, 2.75) is 0 Å². The highest BCUT2D eigenvalue weighted by Gasteiger charge is 2.18. The van der Waals surface area contributed by atoms with Gasteiger partial charge in [-0.15, -0.1) is 0 Å². The SMILES string of the molecule is O=C(O)c1ccc2c(c1)C(c1ccc(F)c(Cl)c1)=CCO2. The molecule has 0 fully saturated rings. The molecule has 3 rings (SSSR count). The van der Waals surface area contributed by atoms with Crippen molar-refractivity contribution in [3.8, 4) is 5.75 Å². The Labute approximate surface area is 125 Å². The quantitative estimate of drug-likeness (QED) is 0.912. The number of hydrogen-bond acceptors (Lipinski definition) is 2. The lowest BCUT2D eigenvalue weighted by atomic mass is 9.94. The molecule has 0 unspecified atom stereocenters. The highest BCUT2D eigenvalue weighted by atomic mass is 35.5. The Balaban J connectivity index is 2.13. The van der Waals surface area contributed by atoms with E-state index in [4.69, 9.17) is 21.4 Å². The zero-order chi connectivity index (χ0) is 15.0. The minimum atomic E-state index is -1.01. The highest BCUT2D eigenvalue weighted by molar-refractivity contribution is 6.31. The molecule has 0 radical (unpaired) electrons. The first-order valence-corrected chi connectivity index (χ1v) is 6.60. The van der Waals surface area contributed by atoms with Crippen molar-refractivity contribution in [1.29, 1.82) is 0 Å². The van der Waals surface area contributed by atoms with Crippen LogP contribution in [0.3, 0.4) is 0 Å². The molecule has 1 aliphatic heterocycles. The molecule has 2 aromatic carbocycles. The number of ether oxygens (including phenoxy) is 1. The second-order valence-electron chi connectivity index (χ2n) is 4.57. The van der Waals surface area contributed by atoms with Crippen molar-refractivity contribution in [2.24, 2.45) is 0 Å². The maximum Gasteiger partial charge on any atom is 0.335 e. The molecule has 0 saturated carbocycles. The molecular formula is C16H10ClFO3. The lowest BCUT2D eigenvalue weighted by Crippen LogP contribution is -2.07. The first-order chi connectivity index (χ1) is 10.1. The molecule has 0 aliphatic carbocycles. The molecule has 21 heavy (non-hydrogen) atoms. The molecule has 3 nitrogen and oxygen atoms in total. The van der Waals surface area contributed by atoms with E-state index in [9.17, 15) is 9.18 Å². The van der Waals surface area contributed by atoms with Crippen LogP contribution in [-0.4, -0.2) is 17.7 Å². The Kier molecular flexibility index (Phi) is 3.39. The van der Waals surface area contributed by atoms with Crippen LogP contribution in [0.15, 0.2) is 42.5 Å². The number of carboxylic acids is 1. The van der Waals surface area contributed by atoms with Gasteiger partial charge in [-0.25, -0.2) is 9.18 Å². The molecule has 106 valence electrons. The topological polar surface area (TPSA) is 46.5 Å². The lowest BCUT2D eigenvalue weighted by molar-refractivity contribution is 0.0697. The van der Waals surface area contributed by atoms with E-state index < -0.39 is 11.8 Å². The molecule has 0 amide bonds. The number of halogens is 2. The summed E-state index contributed by atoms with van der Waals surface area (Å²) in [7, 11) is 0. The van der Waals surface area contributed by atoms with E-state index in [-0.39, 0.29) is 10.6 Å². The van der Waals surface area contributed by atoms with Crippen LogP contribution in [0.4, 0.5) is 4.39 Å². The summed E-state index contributed by atoms with van der Waals surface area (Å²) in [6.45, 7) is 0.365. The normalized spacial score (nSPS) is 13.1. The molecule has 1 heterocycles. The summed E-state index contributed by atoms with van der Waals surface area (Å²) < 4.78 is 18.8. The maximum atomic E-state index is 13.3. The number of carbonyl (C=O) groups is 1. The Hall–Kier alpha value is -2.33. The zero-order valence-electron chi connectivity index (χ0n) is 10.8. The fraction of sp³-hybridized carbons (Fsp3) is 0.0625. The molecule has 0 spiro atoms. The number of hydrogen-bond donors (Lipinski definition) is 1. The number of rotatable bonds is 2. The Bertz CT molecular complexity index is 768. The van der Waals surface area contributed by atoms with Gasteiger partial charge in [0.2, 0.25) is 0 Å². The van der Waals surface area contributed by atoms with Crippen LogP contribution in [0.2, 0.25) is 5.02 Å². The summed E-state index contributed by atoms with van der Waals surface area (Å²) in [5, 5.41) is 9.12. The van der Waals surface area contributed by atoms with Gasteiger partial charge in [-0.3, -0.25) is 0 Å². The summed E-state index contributed by atoms with van der Waals surface area (Å²) in [6, 6.07) is 9.06. The van der Waals surface area contributed by atoms with Crippen molar-refractivity contribution < 1.29 is 19.0 Å². The lowest BCUT2D eigenvalue weighted by Gasteiger charge is -2.19. The summed E-state index contributed by atoms with van der Waals surface area (Å²) in [4.78, 5) is 11.1. The second-order valence-corrected chi connectivity index (χ2v) is 4.98. The minimum Gasteiger partial charge on any atom is -0.489 e. The first-order valence-electron chi connectivity index (χ1n) is 6.22. The summed E-state index contributed by atoms with van der Waals surface area (Å²) in [6.07, 6.45) is 1.82. The molecule has 0 saturated heterocycles. The van der Waals surface area contributed by atoms with Crippen LogP contribution in [0, 0.1) is 5.82 Å². The van der Waals surface area contributed by atoms with Crippen molar-refractivity contribution >= 4 is 23.1 Å². The van der Waals surface area contributed by atoms with Gasteiger partial charge in [0.05, 0.1) is 10.6 Å². The number of aromatic carboxylic acids is 1. The second kappa shape index (κ2) is 5.22. The van der Waals surface area contributed by atoms with Gasteiger partial charge in [-0.1, -0.05) is 17.7 Å². The van der Waals surface area contributed by atoms with E-state index in [1.807, 2.05) is 6.08 Å². The third-order valence-electron chi connectivity index (χ3n) is 3.27. The Morgan fingerprint density at radius 1 is 1.24 bits per heavy atom. The molecule has 0 aromatic heterocycles. The number of carboxylic acid groups (broad SMARTS) is 1. The summed E-state index contributed by atoms with van der Waals surface area (Å²) >= 11 is 5.81. The van der Waals surface area contributed by atoms with Gasteiger partial charge in [-0.2, -0.15) is 0 Å². The van der Waals surface area contributed by atoms with Gasteiger partial charge >= 0.3 is 5.97 Å². The molecule has 2 aromatic rings. The van der Waals surface area contributed by atoms with Crippen LogP contribution < -0.4 is 4.74 Å². The van der Waals surface area contributed by atoms with Crippen molar-refractivity contribution in [3.05, 3.63) is 70.0 Å². The average Bonchev–Trinajstić information content (AvgIpc) is 2.49. The van der Waals surface area contributed by atoms with Gasteiger partial charge in [0.25, 0.3) is 0 Å². The fourth-order valence-corrected chi connectivity index (χ4v) is 2.44. The van der Waals surface area contributed by atoms with E-state index in [1.54, 1.807) is 18.2 Å². The molecule has 5 heteroatoms. The largest absolute Gasteiger partial charge is 0.489 e. The van der Waals surface area contributed by atoms with E-state index in [0.29, 0.717) is 23.5 Å². The van der Waals surface area contributed by atoms with Crippen molar-refractivity contribution in [3.63, 3.8) is 0 Å². The van der Waals surface area contributed by atoms with Gasteiger partial charge in [0.15, 0.2) is 0 Å². The van der Waals surface area contributed by atoms with Crippen LogP contribution >= 0.6 is 11.6 Å². The zero-order valence-corrected chi connectivity index (χ0v) is 11.5. The van der Waals surface area contributed by atoms with Gasteiger partial charge in [0.1, 0.15) is 18.2 Å². The predicted octanol–water partition coefficient (Wildman–Crippen LogP) is 4.00. The number of benzene rings is 2. The average molecular weight is 305 g/mol. The molecule has 1 N–H and O–H groups in total. The van der Waals surface area contributed by atoms with Crippen molar-refractivity contribution in [1.82, 2.24) is 0 Å². The predicted molar refractivity (Wildman–Crippen MR) is 77.4 cm³/mol. The third-order valence-corrected chi connectivity index (χ3v) is 3.56. The van der Waals surface area contributed by atoms with Gasteiger partial charge in [-0.05, 0) is 47.5 Å². The van der Waals surface area contributed by atoms with Gasteiger partial charge < -0.3 is 9.84 Å². The summed E-state index contributed by atoms with van der Waals surface area (Å²) in [5.41, 5.74) is 2.32. The molecule has 0 bridgehead atoms. The fourth-order valence-electron chi connectivity index (χ4n) is 2.26. The monoisotopic (exact) mass is 304 g/mol. The van der Waals surface area contributed by atoms with Gasteiger partial charge in [0, 0.05) is 5.56 Å². The van der Waals surface area contributed by atoms with Crippen LogP contribution in [0.1, 0.15) is 21.5 Å². The van der Waals surface area contributed by atoms with Crippen LogP contribution in [0.5, 0.6) is 5.75 Å². The maximum absolute atomic E-state index is 13.3. The highest BCUT2D eigenvalue weighted by Crippen LogP contribution is 2.36. The molecular weight excluding hydrogens is 295 g/mol. The smallest absolute Gasteiger partial charge is 0.335 e. The van der Waals surface area contributed by atoms with E-state index in [1.165, 1.54) is 18.2 Å². The Morgan fingerprint density at radius 3 is 2.76 bits per heavy atom. The third kappa shape index (κ3) is 2.50. The van der Waals surface area contributed by atoms with Crippen LogP contribution in [-0.2, 0) is 0 Å². The van der Waals surface area contributed by atoms with E-state index in [0.717, 1.165) is 5.57 Å². The Morgan fingerprint density at radius 2 is 2.05 bits per heavy atom. The molecule has 0 atom stereocenters. The van der Waals surface area contributed by atoms with E-state index in [2.05, 4.69) is 0 Å².